The summed E-state index contributed by atoms with van der Waals surface area (Å²) in [5, 5.41) is 6.31. The van der Waals surface area contributed by atoms with Gasteiger partial charge in [-0.15, -0.1) is 12.4 Å². The summed E-state index contributed by atoms with van der Waals surface area (Å²) in [6.07, 6.45) is 3.22. The highest BCUT2D eigenvalue weighted by molar-refractivity contribution is 6.31. The van der Waals surface area contributed by atoms with Crippen molar-refractivity contribution in [1.82, 2.24) is 10.2 Å². The van der Waals surface area contributed by atoms with Crippen LogP contribution in [0.3, 0.4) is 0 Å². The molecule has 1 aromatic carbocycles. The van der Waals surface area contributed by atoms with Crippen LogP contribution in [0.25, 0.3) is 0 Å². The standard InChI is InChI=1S/C17H24ClN3O2.ClH/c1-12(11-19-2)16(22)20-15-10-13(18)6-7-14(15)17(23)21-8-4-3-5-9-21;/h6-7,10,12,19H,3-5,8-9,11H2,1-2H3,(H,20,22);1H. The van der Waals surface area contributed by atoms with Crippen molar-refractivity contribution >= 4 is 41.5 Å². The second kappa shape index (κ2) is 9.87. The number of amides is 2. The van der Waals surface area contributed by atoms with Crippen molar-refractivity contribution in [2.75, 3.05) is 32.0 Å². The largest absolute Gasteiger partial charge is 0.339 e. The Labute approximate surface area is 154 Å². The SMILES string of the molecule is CNCC(C)C(=O)Nc1cc(Cl)ccc1C(=O)N1CCCCC1.Cl. The first-order valence-electron chi connectivity index (χ1n) is 8.07. The molecule has 1 aliphatic heterocycles. The molecule has 0 bridgehead atoms. The number of benzene rings is 1. The zero-order chi connectivity index (χ0) is 16.8. The molecule has 134 valence electrons. The number of likely N-dealkylation sites (tertiary alicyclic amines) is 1. The molecular weight excluding hydrogens is 349 g/mol. The lowest BCUT2D eigenvalue weighted by molar-refractivity contribution is -0.119. The van der Waals surface area contributed by atoms with Gasteiger partial charge in [0.15, 0.2) is 0 Å². The number of piperidine rings is 1. The van der Waals surface area contributed by atoms with Crippen LogP contribution in [0.1, 0.15) is 36.5 Å². The van der Waals surface area contributed by atoms with Crippen LogP contribution in [0.5, 0.6) is 0 Å². The number of nitrogens with zero attached hydrogens (tertiary/aromatic N) is 1. The van der Waals surface area contributed by atoms with Crippen LogP contribution in [0, 0.1) is 5.92 Å². The number of hydrogen-bond acceptors (Lipinski definition) is 3. The predicted octanol–water partition coefficient (Wildman–Crippen LogP) is 3.18. The molecule has 2 rings (SSSR count). The van der Waals surface area contributed by atoms with Gasteiger partial charge in [-0.05, 0) is 44.5 Å². The molecule has 5 nitrogen and oxygen atoms in total. The molecule has 1 aliphatic rings. The number of carbonyl (C=O) groups is 2. The van der Waals surface area contributed by atoms with Gasteiger partial charge in [-0.2, -0.15) is 0 Å². The maximum atomic E-state index is 12.7. The first-order chi connectivity index (χ1) is 11.0. The van der Waals surface area contributed by atoms with E-state index in [1.54, 1.807) is 25.2 Å². The second-order valence-electron chi connectivity index (χ2n) is 5.99. The summed E-state index contributed by atoms with van der Waals surface area (Å²) in [5.41, 5.74) is 0.988. The van der Waals surface area contributed by atoms with E-state index in [9.17, 15) is 9.59 Å². The van der Waals surface area contributed by atoms with Crippen molar-refractivity contribution in [1.29, 1.82) is 0 Å². The van der Waals surface area contributed by atoms with Gasteiger partial charge in [0, 0.05) is 30.6 Å². The summed E-state index contributed by atoms with van der Waals surface area (Å²) in [6, 6.07) is 5.02. The number of halogens is 2. The highest BCUT2D eigenvalue weighted by Crippen LogP contribution is 2.24. The summed E-state index contributed by atoms with van der Waals surface area (Å²) >= 11 is 6.04. The molecule has 2 N–H and O–H groups in total. The van der Waals surface area contributed by atoms with Crippen LogP contribution in [0.4, 0.5) is 5.69 Å². The quantitative estimate of drug-likeness (QED) is 0.832. The van der Waals surface area contributed by atoms with Gasteiger partial charge in [-0.1, -0.05) is 18.5 Å². The fourth-order valence-corrected chi connectivity index (χ4v) is 2.90. The van der Waals surface area contributed by atoms with Gasteiger partial charge in [-0.25, -0.2) is 0 Å². The van der Waals surface area contributed by atoms with Gasteiger partial charge in [0.1, 0.15) is 0 Å². The molecule has 0 spiro atoms. The smallest absolute Gasteiger partial charge is 0.255 e. The highest BCUT2D eigenvalue weighted by Gasteiger charge is 2.22. The third kappa shape index (κ3) is 5.36. The minimum Gasteiger partial charge on any atom is -0.339 e. The monoisotopic (exact) mass is 373 g/mol. The Kier molecular flexibility index (Phi) is 8.53. The van der Waals surface area contributed by atoms with E-state index in [-0.39, 0.29) is 30.1 Å². The van der Waals surface area contributed by atoms with Gasteiger partial charge in [0.2, 0.25) is 5.91 Å². The topological polar surface area (TPSA) is 61.4 Å². The number of hydrogen-bond donors (Lipinski definition) is 2. The number of carbonyl (C=O) groups excluding carboxylic acids is 2. The number of rotatable bonds is 5. The van der Waals surface area contributed by atoms with Crippen molar-refractivity contribution in [2.24, 2.45) is 5.92 Å². The van der Waals surface area contributed by atoms with Crippen molar-refractivity contribution in [3.63, 3.8) is 0 Å². The second-order valence-corrected chi connectivity index (χ2v) is 6.43. The van der Waals surface area contributed by atoms with Gasteiger partial charge in [0.25, 0.3) is 5.91 Å². The van der Waals surface area contributed by atoms with Crippen molar-refractivity contribution in [3.05, 3.63) is 28.8 Å². The molecule has 1 atom stereocenters. The van der Waals surface area contributed by atoms with Gasteiger partial charge in [-0.3, -0.25) is 9.59 Å². The van der Waals surface area contributed by atoms with Crippen molar-refractivity contribution < 1.29 is 9.59 Å². The van der Waals surface area contributed by atoms with Crippen LogP contribution in [-0.2, 0) is 4.79 Å². The van der Waals surface area contributed by atoms with E-state index in [0.717, 1.165) is 32.4 Å². The van der Waals surface area contributed by atoms with Gasteiger partial charge >= 0.3 is 0 Å². The van der Waals surface area contributed by atoms with E-state index >= 15 is 0 Å². The lowest BCUT2D eigenvalue weighted by Crippen LogP contribution is -2.36. The molecule has 1 fully saturated rings. The summed E-state index contributed by atoms with van der Waals surface area (Å²) in [7, 11) is 1.80. The average Bonchev–Trinajstić information content (AvgIpc) is 2.55. The highest BCUT2D eigenvalue weighted by atomic mass is 35.5. The first kappa shape index (κ1) is 20.7. The van der Waals surface area contributed by atoms with Crippen molar-refractivity contribution in [3.8, 4) is 0 Å². The molecule has 7 heteroatoms. The molecular formula is C17H25Cl2N3O2. The minimum atomic E-state index is -0.197. The summed E-state index contributed by atoms with van der Waals surface area (Å²) in [5.74, 6) is -0.371. The zero-order valence-electron chi connectivity index (χ0n) is 14.1. The normalized spacial score (nSPS) is 15.4. The maximum Gasteiger partial charge on any atom is 0.255 e. The summed E-state index contributed by atoms with van der Waals surface area (Å²) in [4.78, 5) is 26.8. The summed E-state index contributed by atoms with van der Waals surface area (Å²) < 4.78 is 0. The Balaban J connectivity index is 0.00000288. The Bertz CT molecular complexity index is 575. The van der Waals surface area contributed by atoms with Crippen LogP contribution in [0.15, 0.2) is 18.2 Å². The Morgan fingerprint density at radius 1 is 1.25 bits per heavy atom. The molecule has 0 saturated carbocycles. The molecule has 24 heavy (non-hydrogen) atoms. The van der Waals surface area contributed by atoms with Gasteiger partial charge < -0.3 is 15.5 Å². The zero-order valence-corrected chi connectivity index (χ0v) is 15.7. The fraction of sp³-hybridized carbons (Fsp3) is 0.529. The first-order valence-corrected chi connectivity index (χ1v) is 8.45. The van der Waals surface area contributed by atoms with Crippen LogP contribution in [-0.4, -0.2) is 43.4 Å². The van der Waals surface area contributed by atoms with Crippen molar-refractivity contribution in [2.45, 2.75) is 26.2 Å². The lowest BCUT2D eigenvalue weighted by Gasteiger charge is -2.27. The molecule has 2 amide bonds. The van der Waals surface area contributed by atoms with E-state index < -0.39 is 0 Å². The van der Waals surface area contributed by atoms with Crippen LogP contribution >= 0.6 is 24.0 Å². The molecule has 1 aromatic rings. The van der Waals surface area contributed by atoms with Crippen LogP contribution < -0.4 is 10.6 Å². The van der Waals surface area contributed by atoms with Gasteiger partial charge in [0.05, 0.1) is 11.3 Å². The van der Waals surface area contributed by atoms with E-state index in [0.29, 0.717) is 22.8 Å². The molecule has 1 saturated heterocycles. The Morgan fingerprint density at radius 3 is 2.54 bits per heavy atom. The van der Waals surface area contributed by atoms with E-state index in [2.05, 4.69) is 10.6 Å². The maximum absolute atomic E-state index is 12.7. The Hall–Kier alpha value is -1.30. The number of anilines is 1. The minimum absolute atomic E-state index is 0. The summed E-state index contributed by atoms with van der Waals surface area (Å²) in [6.45, 7) is 3.94. The predicted molar refractivity (Wildman–Crippen MR) is 100 cm³/mol. The van der Waals surface area contributed by atoms with Crippen LogP contribution in [0.2, 0.25) is 5.02 Å². The molecule has 1 unspecified atom stereocenters. The number of nitrogens with one attached hydrogen (secondary N) is 2. The molecule has 0 radical (unpaired) electrons. The van der Waals surface area contributed by atoms with E-state index in [1.807, 2.05) is 11.8 Å². The third-order valence-corrected chi connectivity index (χ3v) is 4.31. The molecule has 1 heterocycles. The Morgan fingerprint density at radius 2 is 1.92 bits per heavy atom. The lowest BCUT2D eigenvalue weighted by atomic mass is 10.1. The fourth-order valence-electron chi connectivity index (χ4n) is 2.73. The van der Waals surface area contributed by atoms with E-state index in [1.165, 1.54) is 0 Å². The molecule has 0 aromatic heterocycles. The molecule has 0 aliphatic carbocycles. The van der Waals surface area contributed by atoms with E-state index in [4.69, 9.17) is 11.6 Å². The third-order valence-electron chi connectivity index (χ3n) is 4.07. The average molecular weight is 374 g/mol.